The summed E-state index contributed by atoms with van der Waals surface area (Å²) in [5, 5.41) is 2.37. The van der Waals surface area contributed by atoms with Gasteiger partial charge >= 0.3 is 5.97 Å². The van der Waals surface area contributed by atoms with E-state index in [1.165, 1.54) is 0 Å². The van der Waals surface area contributed by atoms with Gasteiger partial charge in [-0.25, -0.2) is 18.0 Å². The van der Waals surface area contributed by atoms with Gasteiger partial charge in [-0.15, -0.1) is 0 Å². The highest BCUT2D eigenvalue weighted by molar-refractivity contribution is 5.97. The van der Waals surface area contributed by atoms with Crippen LogP contribution in [0.2, 0.25) is 0 Å². The van der Waals surface area contributed by atoms with Gasteiger partial charge in [0.1, 0.15) is 6.04 Å². The van der Waals surface area contributed by atoms with E-state index >= 15 is 0 Å². The lowest BCUT2D eigenvalue weighted by molar-refractivity contribution is -0.146. The molecule has 0 aliphatic carbocycles. The molecule has 1 rings (SSSR count). The molecule has 152 valence electrons. The first-order chi connectivity index (χ1) is 12.8. The van der Waals surface area contributed by atoms with Crippen LogP contribution in [-0.2, 0) is 9.53 Å². The molecule has 0 radical (unpaired) electrons. The fraction of sp³-hybridized carbons (Fsp3) is 0.600. The van der Waals surface area contributed by atoms with Crippen LogP contribution < -0.4 is 5.32 Å². The van der Waals surface area contributed by atoms with Crippen molar-refractivity contribution in [2.24, 2.45) is 5.92 Å². The molecule has 0 aliphatic heterocycles. The molecule has 1 N–H and O–H groups in total. The topological polar surface area (TPSA) is 55.4 Å². The molecule has 1 atom stereocenters. The fourth-order valence-electron chi connectivity index (χ4n) is 2.60. The van der Waals surface area contributed by atoms with Crippen LogP contribution in [0.3, 0.4) is 0 Å². The third kappa shape index (κ3) is 7.61. The molecule has 0 aromatic heterocycles. The number of hydrogen-bond acceptors (Lipinski definition) is 3. The summed E-state index contributed by atoms with van der Waals surface area (Å²) in [6.07, 6.45) is 5.26. The zero-order chi connectivity index (χ0) is 20.4. The van der Waals surface area contributed by atoms with Gasteiger partial charge in [0.25, 0.3) is 5.91 Å². The van der Waals surface area contributed by atoms with Gasteiger partial charge in [0.15, 0.2) is 17.5 Å². The molecule has 0 spiro atoms. The second kappa shape index (κ2) is 11.6. The molecular weight excluding hydrogens is 359 g/mol. The van der Waals surface area contributed by atoms with E-state index in [2.05, 4.69) is 12.2 Å². The lowest BCUT2D eigenvalue weighted by atomic mass is 10.0. The maximum atomic E-state index is 13.8. The molecule has 0 heterocycles. The summed E-state index contributed by atoms with van der Waals surface area (Å²) in [5.74, 6) is -6.24. The van der Waals surface area contributed by atoms with E-state index in [-0.39, 0.29) is 18.9 Å². The van der Waals surface area contributed by atoms with Crippen molar-refractivity contribution in [2.45, 2.75) is 65.3 Å². The average Bonchev–Trinajstić information content (AvgIpc) is 2.61. The predicted octanol–water partition coefficient (Wildman–Crippen LogP) is 4.76. The number of unbranched alkanes of at least 4 members (excludes halogenated alkanes) is 4. The third-order valence-corrected chi connectivity index (χ3v) is 4.07. The Morgan fingerprint density at radius 2 is 1.70 bits per heavy atom. The highest BCUT2D eigenvalue weighted by Gasteiger charge is 2.26. The van der Waals surface area contributed by atoms with E-state index < -0.39 is 40.9 Å². The second-order valence-corrected chi connectivity index (χ2v) is 6.96. The average molecular weight is 387 g/mol. The van der Waals surface area contributed by atoms with E-state index in [1.54, 1.807) is 0 Å². The maximum absolute atomic E-state index is 13.8. The number of hydrogen-bond donors (Lipinski definition) is 1. The van der Waals surface area contributed by atoms with Gasteiger partial charge in [0.05, 0.1) is 12.2 Å². The monoisotopic (exact) mass is 387 g/mol. The number of nitrogens with one attached hydrogen (secondary N) is 1. The number of carbonyl (C=O) groups excluding carboxylic acids is 2. The van der Waals surface area contributed by atoms with Crippen LogP contribution in [0.5, 0.6) is 0 Å². The Morgan fingerprint density at radius 1 is 1.04 bits per heavy atom. The lowest BCUT2D eigenvalue weighted by Gasteiger charge is -2.19. The van der Waals surface area contributed by atoms with Gasteiger partial charge in [-0.3, -0.25) is 4.79 Å². The molecular formula is C20H28F3NO3. The lowest BCUT2D eigenvalue weighted by Crippen LogP contribution is -2.43. The van der Waals surface area contributed by atoms with Crippen molar-refractivity contribution in [3.05, 3.63) is 35.1 Å². The standard InChI is InChI=1S/C20H28F3NO3/c1-4-5-6-7-8-11-27-20(26)16(12-13(2)3)24-19(25)14-9-10-15(21)18(23)17(14)22/h9-10,13,16H,4-8,11-12H2,1-3H3,(H,24,25). The largest absolute Gasteiger partial charge is 0.464 e. The number of halogens is 3. The van der Waals surface area contributed by atoms with Gasteiger partial charge in [-0.2, -0.15) is 0 Å². The first kappa shape index (κ1) is 23.0. The fourth-order valence-corrected chi connectivity index (χ4v) is 2.60. The predicted molar refractivity (Wildman–Crippen MR) is 96.7 cm³/mol. The summed E-state index contributed by atoms with van der Waals surface area (Å²) in [7, 11) is 0. The molecule has 0 saturated carbocycles. The molecule has 27 heavy (non-hydrogen) atoms. The second-order valence-electron chi connectivity index (χ2n) is 6.96. The van der Waals surface area contributed by atoms with Crippen LogP contribution in [0.4, 0.5) is 13.2 Å². The Hall–Kier alpha value is -2.05. The van der Waals surface area contributed by atoms with Crippen molar-refractivity contribution in [1.29, 1.82) is 0 Å². The summed E-state index contributed by atoms with van der Waals surface area (Å²) in [5.41, 5.74) is -0.657. The zero-order valence-corrected chi connectivity index (χ0v) is 16.1. The van der Waals surface area contributed by atoms with Crippen LogP contribution in [0.25, 0.3) is 0 Å². The summed E-state index contributed by atoms with van der Waals surface area (Å²) >= 11 is 0. The molecule has 1 aromatic rings. The molecule has 1 unspecified atom stereocenters. The van der Waals surface area contributed by atoms with E-state index in [4.69, 9.17) is 4.74 Å². The number of esters is 1. The highest BCUT2D eigenvalue weighted by Crippen LogP contribution is 2.16. The Kier molecular flexibility index (Phi) is 9.89. The van der Waals surface area contributed by atoms with E-state index in [0.29, 0.717) is 6.07 Å². The normalized spacial score (nSPS) is 12.1. The van der Waals surface area contributed by atoms with Gasteiger partial charge in [-0.05, 0) is 30.9 Å². The highest BCUT2D eigenvalue weighted by atomic mass is 19.2. The number of rotatable bonds is 11. The number of amides is 1. The quantitative estimate of drug-likeness (QED) is 0.338. The van der Waals surface area contributed by atoms with Gasteiger partial charge in [0.2, 0.25) is 0 Å². The van der Waals surface area contributed by atoms with Gasteiger partial charge in [0, 0.05) is 0 Å². The molecule has 0 fully saturated rings. The summed E-state index contributed by atoms with van der Waals surface area (Å²) in [6.45, 7) is 6.06. The van der Waals surface area contributed by atoms with E-state index in [0.717, 1.165) is 38.2 Å². The van der Waals surface area contributed by atoms with Crippen LogP contribution in [0.15, 0.2) is 12.1 Å². The minimum Gasteiger partial charge on any atom is -0.464 e. The number of ether oxygens (including phenoxy) is 1. The van der Waals surface area contributed by atoms with Crippen LogP contribution in [0, 0.1) is 23.4 Å². The van der Waals surface area contributed by atoms with Gasteiger partial charge < -0.3 is 10.1 Å². The smallest absolute Gasteiger partial charge is 0.328 e. The Morgan fingerprint density at radius 3 is 2.33 bits per heavy atom. The van der Waals surface area contributed by atoms with Crippen LogP contribution in [0.1, 0.15) is 69.7 Å². The van der Waals surface area contributed by atoms with Crippen molar-refractivity contribution in [1.82, 2.24) is 5.32 Å². The molecule has 0 saturated heterocycles. The number of carbonyl (C=O) groups is 2. The first-order valence-electron chi connectivity index (χ1n) is 9.38. The summed E-state index contributed by atoms with van der Waals surface area (Å²) < 4.78 is 45.3. The first-order valence-corrected chi connectivity index (χ1v) is 9.38. The zero-order valence-electron chi connectivity index (χ0n) is 16.1. The molecule has 7 heteroatoms. The van der Waals surface area contributed by atoms with E-state index in [9.17, 15) is 22.8 Å². The molecule has 0 bridgehead atoms. The maximum Gasteiger partial charge on any atom is 0.328 e. The minimum atomic E-state index is -1.72. The van der Waals surface area contributed by atoms with Gasteiger partial charge in [-0.1, -0.05) is 46.5 Å². The molecule has 1 aromatic carbocycles. The summed E-state index contributed by atoms with van der Waals surface area (Å²) in [4.78, 5) is 24.5. The van der Waals surface area contributed by atoms with E-state index in [1.807, 2.05) is 13.8 Å². The van der Waals surface area contributed by atoms with Crippen molar-refractivity contribution >= 4 is 11.9 Å². The Bertz CT molecular complexity index is 635. The molecule has 4 nitrogen and oxygen atoms in total. The molecule has 1 amide bonds. The minimum absolute atomic E-state index is 0.0576. The van der Waals surface area contributed by atoms with Crippen molar-refractivity contribution < 1.29 is 27.5 Å². The number of benzene rings is 1. The van der Waals surface area contributed by atoms with Crippen molar-refractivity contribution in [2.75, 3.05) is 6.61 Å². The SMILES string of the molecule is CCCCCCCOC(=O)C(CC(C)C)NC(=O)c1ccc(F)c(F)c1F. The Labute approximate surface area is 158 Å². The van der Waals surface area contributed by atoms with Crippen LogP contribution in [-0.4, -0.2) is 24.5 Å². The van der Waals surface area contributed by atoms with Crippen molar-refractivity contribution in [3.63, 3.8) is 0 Å². The summed E-state index contributed by atoms with van der Waals surface area (Å²) in [6, 6.07) is 0.522. The molecule has 0 aliphatic rings. The Balaban J connectivity index is 2.69. The van der Waals surface area contributed by atoms with Crippen molar-refractivity contribution in [3.8, 4) is 0 Å². The third-order valence-electron chi connectivity index (χ3n) is 4.07. The van der Waals surface area contributed by atoms with Crippen LogP contribution >= 0.6 is 0 Å².